The summed E-state index contributed by atoms with van der Waals surface area (Å²) < 4.78 is 5.77. The van der Waals surface area contributed by atoms with Gasteiger partial charge in [-0.3, -0.25) is 4.98 Å². The van der Waals surface area contributed by atoms with Crippen molar-refractivity contribution >= 4 is 28.8 Å². The number of benzene rings is 1. The maximum atomic E-state index is 6.07. The van der Waals surface area contributed by atoms with Crippen LogP contribution in [0, 0.1) is 6.92 Å². The molecule has 0 aliphatic heterocycles. The van der Waals surface area contributed by atoms with Crippen LogP contribution in [0.15, 0.2) is 36.5 Å². The topological polar surface area (TPSA) is 48.1 Å². The summed E-state index contributed by atoms with van der Waals surface area (Å²) in [6.07, 6.45) is 1.70. The number of aryl methyl sites for hydroxylation is 1. The number of hydrogen-bond acceptors (Lipinski definition) is 3. The van der Waals surface area contributed by atoms with Crippen molar-refractivity contribution in [2.75, 3.05) is 0 Å². The lowest BCUT2D eigenvalue weighted by Crippen LogP contribution is -2.11. The van der Waals surface area contributed by atoms with Crippen molar-refractivity contribution < 1.29 is 4.74 Å². The summed E-state index contributed by atoms with van der Waals surface area (Å²) in [6, 6.07) is 8.90. The maximum Gasteiger partial charge on any atom is 0.148 e. The van der Waals surface area contributed by atoms with Gasteiger partial charge in [-0.05, 0) is 31.2 Å². The summed E-state index contributed by atoms with van der Waals surface area (Å²) in [5.74, 6) is 1.18. The van der Waals surface area contributed by atoms with Crippen LogP contribution in [0.4, 0.5) is 0 Å². The molecule has 1 aromatic carbocycles. The number of pyridine rings is 1. The van der Waals surface area contributed by atoms with E-state index in [9.17, 15) is 0 Å². The molecule has 0 fully saturated rings. The smallest absolute Gasteiger partial charge is 0.148 e. The van der Waals surface area contributed by atoms with E-state index < -0.39 is 0 Å². The molecule has 18 heavy (non-hydrogen) atoms. The average molecular weight is 279 g/mol. The Labute approximate surface area is 116 Å². The summed E-state index contributed by atoms with van der Waals surface area (Å²) in [5, 5.41) is 0.474. The third kappa shape index (κ3) is 2.60. The van der Waals surface area contributed by atoms with Gasteiger partial charge < -0.3 is 10.5 Å². The highest BCUT2D eigenvalue weighted by Crippen LogP contribution is 2.31. The molecule has 0 aliphatic carbocycles. The molecule has 5 heteroatoms. The van der Waals surface area contributed by atoms with Gasteiger partial charge in [0.1, 0.15) is 16.5 Å². The van der Waals surface area contributed by atoms with Gasteiger partial charge in [-0.2, -0.15) is 0 Å². The van der Waals surface area contributed by atoms with E-state index in [0.717, 1.165) is 5.69 Å². The first-order chi connectivity index (χ1) is 8.59. The van der Waals surface area contributed by atoms with Gasteiger partial charge in [-0.25, -0.2) is 0 Å². The van der Waals surface area contributed by atoms with E-state index in [1.165, 1.54) is 0 Å². The normalized spacial score (nSPS) is 10.1. The highest BCUT2D eigenvalue weighted by Gasteiger charge is 2.12. The second-order valence-corrected chi connectivity index (χ2v) is 4.51. The number of ether oxygens (including phenoxy) is 1. The van der Waals surface area contributed by atoms with Crippen LogP contribution >= 0.6 is 23.8 Å². The van der Waals surface area contributed by atoms with Gasteiger partial charge in [0.25, 0.3) is 0 Å². The molecule has 92 valence electrons. The van der Waals surface area contributed by atoms with Crippen LogP contribution in [0.5, 0.6) is 11.5 Å². The number of nitrogens with two attached hydrogens (primary N) is 1. The Morgan fingerprint density at radius 1 is 1.28 bits per heavy atom. The molecule has 0 amide bonds. The first-order valence-electron chi connectivity index (χ1n) is 5.27. The van der Waals surface area contributed by atoms with Crippen molar-refractivity contribution in [2.24, 2.45) is 5.73 Å². The standard InChI is InChI=1S/C13H11ClN2OS/c1-8-10(6-3-7-16-8)17-11-5-2-4-9(14)12(11)13(15)18/h2-7H,1H3,(H2,15,18). The molecule has 1 aromatic heterocycles. The van der Waals surface area contributed by atoms with E-state index in [1.807, 2.05) is 13.0 Å². The van der Waals surface area contributed by atoms with Gasteiger partial charge >= 0.3 is 0 Å². The number of halogens is 1. The molecule has 0 spiro atoms. The van der Waals surface area contributed by atoms with Gasteiger partial charge in [-0.1, -0.05) is 29.9 Å². The first-order valence-corrected chi connectivity index (χ1v) is 6.06. The number of hydrogen-bond donors (Lipinski definition) is 1. The molecule has 2 aromatic rings. The van der Waals surface area contributed by atoms with Crippen molar-refractivity contribution in [3.8, 4) is 11.5 Å². The molecule has 0 aliphatic rings. The summed E-state index contributed by atoms with van der Waals surface area (Å²) in [5.41, 5.74) is 6.98. The minimum absolute atomic E-state index is 0.206. The molecule has 0 bridgehead atoms. The predicted octanol–water partition coefficient (Wildman–Crippen LogP) is 3.47. The van der Waals surface area contributed by atoms with Gasteiger partial charge in [0, 0.05) is 6.20 Å². The van der Waals surface area contributed by atoms with Crippen LogP contribution in [0.1, 0.15) is 11.3 Å². The fraction of sp³-hybridized carbons (Fsp3) is 0.0769. The van der Waals surface area contributed by atoms with Crippen LogP contribution in [-0.4, -0.2) is 9.97 Å². The largest absolute Gasteiger partial charge is 0.455 e. The highest BCUT2D eigenvalue weighted by molar-refractivity contribution is 7.80. The molecule has 0 saturated carbocycles. The third-order valence-electron chi connectivity index (χ3n) is 2.40. The first kappa shape index (κ1) is 12.8. The van der Waals surface area contributed by atoms with Crippen LogP contribution in [0.25, 0.3) is 0 Å². The van der Waals surface area contributed by atoms with Crippen LogP contribution in [0.3, 0.4) is 0 Å². The number of nitrogens with zero attached hydrogens (tertiary/aromatic N) is 1. The fourth-order valence-corrected chi connectivity index (χ4v) is 2.06. The lowest BCUT2D eigenvalue weighted by Gasteiger charge is -2.12. The molecular weight excluding hydrogens is 268 g/mol. The number of rotatable bonds is 3. The molecule has 2 N–H and O–H groups in total. The summed E-state index contributed by atoms with van der Waals surface area (Å²) >= 11 is 11.1. The Bertz CT molecular complexity index is 601. The fourth-order valence-electron chi connectivity index (χ4n) is 1.52. The minimum Gasteiger partial charge on any atom is -0.455 e. The van der Waals surface area contributed by atoms with Crippen molar-refractivity contribution in [3.05, 3.63) is 52.8 Å². The molecule has 0 unspecified atom stereocenters. The monoisotopic (exact) mass is 278 g/mol. The highest BCUT2D eigenvalue weighted by atomic mass is 35.5. The zero-order valence-corrected chi connectivity index (χ0v) is 11.3. The van der Waals surface area contributed by atoms with Gasteiger partial charge in [0.2, 0.25) is 0 Å². The van der Waals surface area contributed by atoms with Gasteiger partial charge in [0.15, 0.2) is 0 Å². The number of thiocarbonyl (C=S) groups is 1. The average Bonchev–Trinajstić information content (AvgIpc) is 2.31. The van der Waals surface area contributed by atoms with Crippen molar-refractivity contribution in [2.45, 2.75) is 6.92 Å². The summed E-state index contributed by atoms with van der Waals surface area (Å²) in [7, 11) is 0. The van der Waals surface area contributed by atoms with Crippen molar-refractivity contribution in [3.63, 3.8) is 0 Å². The van der Waals surface area contributed by atoms with Gasteiger partial charge in [-0.15, -0.1) is 0 Å². The van der Waals surface area contributed by atoms with E-state index in [1.54, 1.807) is 30.5 Å². The predicted molar refractivity (Wildman–Crippen MR) is 76.4 cm³/mol. The van der Waals surface area contributed by atoms with Crippen molar-refractivity contribution in [1.82, 2.24) is 4.98 Å². The summed E-state index contributed by atoms with van der Waals surface area (Å²) in [6.45, 7) is 1.86. The second kappa shape index (κ2) is 5.33. The van der Waals surface area contributed by atoms with E-state index in [0.29, 0.717) is 22.1 Å². The zero-order chi connectivity index (χ0) is 13.1. The van der Waals surface area contributed by atoms with Gasteiger partial charge in [0.05, 0.1) is 16.3 Å². The minimum atomic E-state index is 0.206. The number of aromatic nitrogens is 1. The Morgan fingerprint density at radius 2 is 2.00 bits per heavy atom. The van der Waals surface area contributed by atoms with E-state index >= 15 is 0 Å². The quantitative estimate of drug-likeness (QED) is 0.874. The van der Waals surface area contributed by atoms with Crippen LogP contribution in [0.2, 0.25) is 5.02 Å². The Kier molecular flexibility index (Phi) is 3.79. The Morgan fingerprint density at radius 3 is 2.67 bits per heavy atom. The maximum absolute atomic E-state index is 6.07. The molecule has 2 rings (SSSR count). The SMILES string of the molecule is Cc1ncccc1Oc1cccc(Cl)c1C(N)=S. The third-order valence-corrected chi connectivity index (χ3v) is 2.92. The van der Waals surface area contributed by atoms with E-state index in [2.05, 4.69) is 4.98 Å². The molecule has 1 heterocycles. The van der Waals surface area contributed by atoms with Crippen molar-refractivity contribution in [1.29, 1.82) is 0 Å². The molecule has 0 atom stereocenters. The molecule has 3 nitrogen and oxygen atoms in total. The lowest BCUT2D eigenvalue weighted by molar-refractivity contribution is 0.475. The van der Waals surface area contributed by atoms with Crippen LogP contribution in [-0.2, 0) is 0 Å². The van der Waals surface area contributed by atoms with E-state index in [-0.39, 0.29) is 4.99 Å². The molecular formula is C13H11ClN2OS. The summed E-state index contributed by atoms with van der Waals surface area (Å²) in [4.78, 5) is 4.36. The Balaban J connectivity index is 2.44. The molecule has 0 radical (unpaired) electrons. The van der Waals surface area contributed by atoms with Crippen LogP contribution < -0.4 is 10.5 Å². The molecule has 0 saturated heterocycles. The van der Waals surface area contributed by atoms with E-state index in [4.69, 9.17) is 34.3 Å². The zero-order valence-electron chi connectivity index (χ0n) is 9.68. The second-order valence-electron chi connectivity index (χ2n) is 3.67. The lowest BCUT2D eigenvalue weighted by atomic mass is 10.2. The Hall–Kier alpha value is -1.65.